The molecule has 0 unspecified atom stereocenters. The van der Waals surface area contributed by atoms with Gasteiger partial charge in [0.05, 0.1) is 5.25 Å². The third-order valence-corrected chi connectivity index (χ3v) is 6.72. The maximum atomic E-state index is 12.3. The number of aryl methyl sites for hydroxylation is 1. The van der Waals surface area contributed by atoms with Gasteiger partial charge in [-0.3, -0.25) is 4.79 Å². The van der Waals surface area contributed by atoms with Gasteiger partial charge in [0.1, 0.15) is 0 Å². The standard InChI is InChI=1S/C20H29NO3S/c1-5-18(16-9-7-6-8-10-16)19-12-11-17(13-15(19)4)20(22)21-25(23,24)14(2)3/h5,11-14,16H,6-10H2,1-4H3,(H,21,22)/b18-5-. The summed E-state index contributed by atoms with van der Waals surface area (Å²) >= 11 is 0. The minimum Gasteiger partial charge on any atom is -0.268 e. The van der Waals surface area contributed by atoms with Crippen molar-refractivity contribution in [3.8, 4) is 0 Å². The molecule has 2 rings (SSSR count). The molecule has 1 amide bonds. The predicted molar refractivity (Wildman–Crippen MR) is 103 cm³/mol. The van der Waals surface area contributed by atoms with E-state index in [1.807, 2.05) is 13.0 Å². The second-order valence-electron chi connectivity index (χ2n) is 7.13. The molecular formula is C20H29NO3S. The molecule has 1 aromatic rings. The van der Waals surface area contributed by atoms with Gasteiger partial charge in [0, 0.05) is 5.56 Å². The summed E-state index contributed by atoms with van der Waals surface area (Å²) in [5.74, 6) is 0.0153. The number of rotatable bonds is 5. The maximum Gasteiger partial charge on any atom is 0.264 e. The number of carbonyl (C=O) groups is 1. The number of nitrogens with one attached hydrogen (secondary N) is 1. The molecule has 1 saturated carbocycles. The summed E-state index contributed by atoms with van der Waals surface area (Å²) in [4.78, 5) is 12.3. The molecule has 0 saturated heterocycles. The summed E-state index contributed by atoms with van der Waals surface area (Å²) in [6, 6.07) is 5.46. The molecule has 1 aliphatic carbocycles. The molecule has 1 N–H and O–H groups in total. The Labute approximate surface area is 151 Å². The Morgan fingerprint density at radius 1 is 1.20 bits per heavy atom. The highest BCUT2D eigenvalue weighted by Crippen LogP contribution is 2.36. The molecule has 1 fully saturated rings. The van der Waals surface area contributed by atoms with Crippen LogP contribution in [-0.4, -0.2) is 19.6 Å². The van der Waals surface area contributed by atoms with Gasteiger partial charge >= 0.3 is 0 Å². The number of hydrogen-bond acceptors (Lipinski definition) is 3. The number of sulfonamides is 1. The van der Waals surface area contributed by atoms with Crippen LogP contribution in [0.1, 0.15) is 74.4 Å². The fourth-order valence-electron chi connectivity index (χ4n) is 3.46. The van der Waals surface area contributed by atoms with E-state index in [2.05, 4.69) is 17.7 Å². The van der Waals surface area contributed by atoms with Crippen molar-refractivity contribution >= 4 is 21.5 Å². The maximum absolute atomic E-state index is 12.3. The molecule has 1 aliphatic rings. The summed E-state index contributed by atoms with van der Waals surface area (Å²) in [5.41, 5.74) is 3.90. The average Bonchev–Trinajstić information content (AvgIpc) is 2.57. The van der Waals surface area contributed by atoms with Crippen LogP contribution in [0, 0.1) is 12.8 Å². The van der Waals surface area contributed by atoms with E-state index in [-0.39, 0.29) is 0 Å². The molecule has 0 aromatic heterocycles. The van der Waals surface area contributed by atoms with Gasteiger partial charge in [0.2, 0.25) is 10.0 Å². The second kappa shape index (κ2) is 8.17. The molecule has 138 valence electrons. The van der Waals surface area contributed by atoms with Gasteiger partial charge in [-0.1, -0.05) is 31.4 Å². The summed E-state index contributed by atoms with van der Waals surface area (Å²) in [6.45, 7) is 7.15. The largest absolute Gasteiger partial charge is 0.268 e. The summed E-state index contributed by atoms with van der Waals surface area (Å²) < 4.78 is 25.9. The zero-order valence-electron chi connectivity index (χ0n) is 15.6. The summed E-state index contributed by atoms with van der Waals surface area (Å²) in [5, 5.41) is -0.641. The van der Waals surface area contributed by atoms with E-state index in [9.17, 15) is 13.2 Å². The zero-order valence-corrected chi connectivity index (χ0v) is 16.4. The third-order valence-electron chi connectivity index (χ3n) is 5.01. The fourth-order valence-corrected chi connectivity index (χ4v) is 4.07. The van der Waals surface area contributed by atoms with Crippen molar-refractivity contribution in [1.82, 2.24) is 4.72 Å². The van der Waals surface area contributed by atoms with Crippen LogP contribution in [0.15, 0.2) is 24.3 Å². The normalized spacial score (nSPS) is 16.9. The molecule has 0 atom stereocenters. The Bertz CT molecular complexity index is 757. The first-order chi connectivity index (χ1) is 11.8. The van der Waals surface area contributed by atoms with Crippen LogP contribution in [0.4, 0.5) is 0 Å². The first kappa shape index (κ1) is 19.7. The summed E-state index contributed by atoms with van der Waals surface area (Å²) in [6.07, 6.45) is 8.47. The molecule has 25 heavy (non-hydrogen) atoms. The number of carbonyl (C=O) groups excluding carboxylic acids is 1. The minimum absolute atomic E-state index is 0.379. The number of allylic oxidation sites excluding steroid dienone is 2. The quantitative estimate of drug-likeness (QED) is 0.841. The van der Waals surface area contributed by atoms with E-state index >= 15 is 0 Å². The number of benzene rings is 1. The van der Waals surface area contributed by atoms with Crippen LogP contribution in [0.3, 0.4) is 0 Å². The van der Waals surface area contributed by atoms with Gasteiger partial charge in [-0.25, -0.2) is 13.1 Å². The highest BCUT2D eigenvalue weighted by atomic mass is 32.2. The van der Waals surface area contributed by atoms with Crippen LogP contribution < -0.4 is 4.72 Å². The molecule has 0 spiro atoms. The van der Waals surface area contributed by atoms with Crippen LogP contribution in [0.5, 0.6) is 0 Å². The monoisotopic (exact) mass is 363 g/mol. The first-order valence-corrected chi connectivity index (χ1v) is 10.6. The van der Waals surface area contributed by atoms with Crippen molar-refractivity contribution in [3.05, 3.63) is 41.0 Å². The molecule has 0 aliphatic heterocycles. The van der Waals surface area contributed by atoms with E-state index in [1.54, 1.807) is 26.0 Å². The van der Waals surface area contributed by atoms with Crippen LogP contribution in [-0.2, 0) is 10.0 Å². The van der Waals surface area contributed by atoms with E-state index in [0.717, 1.165) is 11.1 Å². The highest BCUT2D eigenvalue weighted by Gasteiger charge is 2.22. The Kier molecular flexibility index (Phi) is 6.44. The number of amides is 1. The van der Waals surface area contributed by atoms with Gasteiger partial charge in [0.25, 0.3) is 5.91 Å². The van der Waals surface area contributed by atoms with E-state index in [1.165, 1.54) is 37.7 Å². The van der Waals surface area contributed by atoms with E-state index in [4.69, 9.17) is 0 Å². The Hall–Kier alpha value is -1.62. The Morgan fingerprint density at radius 2 is 1.84 bits per heavy atom. The minimum atomic E-state index is -3.62. The average molecular weight is 364 g/mol. The first-order valence-electron chi connectivity index (χ1n) is 9.09. The second-order valence-corrected chi connectivity index (χ2v) is 9.37. The number of hydrogen-bond donors (Lipinski definition) is 1. The molecule has 5 heteroatoms. The van der Waals surface area contributed by atoms with Crippen LogP contribution in [0.2, 0.25) is 0 Å². The van der Waals surface area contributed by atoms with Gasteiger partial charge in [-0.05, 0) is 75.3 Å². The Morgan fingerprint density at radius 3 is 2.36 bits per heavy atom. The lowest BCUT2D eigenvalue weighted by molar-refractivity contribution is 0.0981. The fraction of sp³-hybridized carbons (Fsp3) is 0.550. The lowest BCUT2D eigenvalue weighted by Crippen LogP contribution is -2.35. The van der Waals surface area contributed by atoms with Gasteiger partial charge < -0.3 is 0 Å². The lowest BCUT2D eigenvalue weighted by Gasteiger charge is -2.26. The topological polar surface area (TPSA) is 63.2 Å². The van der Waals surface area contributed by atoms with E-state index in [0.29, 0.717) is 11.5 Å². The lowest BCUT2D eigenvalue weighted by atomic mass is 9.79. The van der Waals surface area contributed by atoms with Crippen molar-refractivity contribution in [2.75, 3.05) is 0 Å². The molecule has 4 nitrogen and oxygen atoms in total. The van der Waals surface area contributed by atoms with Crippen molar-refractivity contribution in [2.24, 2.45) is 5.92 Å². The van der Waals surface area contributed by atoms with Crippen molar-refractivity contribution < 1.29 is 13.2 Å². The third kappa shape index (κ3) is 4.72. The van der Waals surface area contributed by atoms with Crippen LogP contribution >= 0.6 is 0 Å². The summed E-state index contributed by atoms with van der Waals surface area (Å²) in [7, 11) is -3.62. The molecule has 0 heterocycles. The van der Waals surface area contributed by atoms with Crippen molar-refractivity contribution in [3.63, 3.8) is 0 Å². The Balaban J connectivity index is 2.24. The van der Waals surface area contributed by atoms with Crippen molar-refractivity contribution in [1.29, 1.82) is 0 Å². The van der Waals surface area contributed by atoms with E-state index < -0.39 is 21.2 Å². The molecule has 1 aromatic carbocycles. The smallest absolute Gasteiger partial charge is 0.264 e. The molecule has 0 bridgehead atoms. The van der Waals surface area contributed by atoms with Gasteiger partial charge in [-0.15, -0.1) is 0 Å². The SMILES string of the molecule is C/C=C(\c1ccc(C(=O)NS(=O)(=O)C(C)C)cc1C)C1CCCCC1. The molecule has 0 radical (unpaired) electrons. The van der Waals surface area contributed by atoms with Crippen molar-refractivity contribution in [2.45, 2.75) is 65.0 Å². The predicted octanol–water partition coefficient (Wildman–Crippen LogP) is 4.45. The molecular weight excluding hydrogens is 334 g/mol. The zero-order chi connectivity index (χ0) is 18.6. The van der Waals surface area contributed by atoms with Gasteiger partial charge in [-0.2, -0.15) is 0 Å². The van der Waals surface area contributed by atoms with Gasteiger partial charge in [0.15, 0.2) is 0 Å². The highest BCUT2D eigenvalue weighted by molar-refractivity contribution is 7.90. The van der Waals surface area contributed by atoms with Crippen LogP contribution in [0.25, 0.3) is 5.57 Å².